The highest BCUT2D eigenvalue weighted by Crippen LogP contribution is 2.36. The first-order valence-corrected chi connectivity index (χ1v) is 8.17. The molecule has 1 unspecified atom stereocenters. The molecule has 0 saturated heterocycles. The van der Waals surface area contributed by atoms with Crippen molar-refractivity contribution in [3.63, 3.8) is 0 Å². The number of halogens is 2. The lowest BCUT2D eigenvalue weighted by Crippen LogP contribution is -1.97. The van der Waals surface area contributed by atoms with E-state index in [0.29, 0.717) is 13.2 Å². The molecule has 1 atom stereocenters. The van der Waals surface area contributed by atoms with Gasteiger partial charge < -0.3 is 9.47 Å². The Labute approximate surface area is 139 Å². The van der Waals surface area contributed by atoms with Crippen LogP contribution in [0.2, 0.25) is 0 Å². The molecule has 0 heterocycles. The summed E-state index contributed by atoms with van der Waals surface area (Å²) >= 11 is 10.1. The van der Waals surface area contributed by atoms with Crippen LogP contribution in [-0.2, 0) is 0 Å². The quantitative estimate of drug-likeness (QED) is 0.619. The average molecular weight is 370 g/mol. The Balaban J connectivity index is 2.20. The predicted molar refractivity (Wildman–Crippen MR) is 90.6 cm³/mol. The van der Waals surface area contributed by atoms with E-state index in [0.717, 1.165) is 27.1 Å². The summed E-state index contributed by atoms with van der Waals surface area (Å²) in [5.74, 6) is 1.69. The largest absolute Gasteiger partial charge is 0.494 e. The third kappa shape index (κ3) is 4.14. The van der Waals surface area contributed by atoms with Gasteiger partial charge in [0.2, 0.25) is 0 Å². The Hall–Kier alpha value is -1.19. The van der Waals surface area contributed by atoms with Crippen molar-refractivity contribution in [2.75, 3.05) is 13.2 Å². The van der Waals surface area contributed by atoms with Gasteiger partial charge in [0.25, 0.3) is 0 Å². The molecule has 2 aromatic carbocycles. The van der Waals surface area contributed by atoms with Gasteiger partial charge in [-0.05, 0) is 49.2 Å². The van der Waals surface area contributed by atoms with Crippen LogP contribution in [0.4, 0.5) is 0 Å². The highest BCUT2D eigenvalue weighted by Gasteiger charge is 2.14. The summed E-state index contributed by atoms with van der Waals surface area (Å²) in [6.45, 7) is 5.24. The Morgan fingerprint density at radius 3 is 2.10 bits per heavy atom. The van der Waals surface area contributed by atoms with Crippen molar-refractivity contribution < 1.29 is 9.47 Å². The van der Waals surface area contributed by atoms with E-state index in [2.05, 4.69) is 15.9 Å². The molecule has 0 amide bonds. The summed E-state index contributed by atoms with van der Waals surface area (Å²) in [5.41, 5.74) is 2.05. The van der Waals surface area contributed by atoms with Crippen molar-refractivity contribution in [2.45, 2.75) is 19.2 Å². The molecular formula is C17H18BrClO2. The van der Waals surface area contributed by atoms with E-state index in [-0.39, 0.29) is 5.38 Å². The Kier molecular flexibility index (Phi) is 5.95. The van der Waals surface area contributed by atoms with Crippen molar-refractivity contribution in [3.8, 4) is 11.5 Å². The van der Waals surface area contributed by atoms with Crippen molar-refractivity contribution in [1.29, 1.82) is 0 Å². The van der Waals surface area contributed by atoms with Crippen LogP contribution in [0.5, 0.6) is 11.5 Å². The minimum atomic E-state index is -0.217. The molecule has 4 heteroatoms. The second-order valence-electron chi connectivity index (χ2n) is 4.48. The van der Waals surface area contributed by atoms with Gasteiger partial charge in [-0.15, -0.1) is 11.6 Å². The molecule has 0 bridgehead atoms. The molecular weight excluding hydrogens is 352 g/mol. The second-order valence-corrected chi connectivity index (χ2v) is 5.77. The minimum absolute atomic E-state index is 0.217. The number of ether oxygens (including phenoxy) is 2. The SMILES string of the molecule is CCOc1ccc(C(Cl)c2ccc(OCC)cc2Br)cc1. The van der Waals surface area contributed by atoms with E-state index in [1.165, 1.54) is 0 Å². The van der Waals surface area contributed by atoms with Gasteiger partial charge in [0.05, 0.1) is 18.6 Å². The number of alkyl halides is 1. The summed E-state index contributed by atoms with van der Waals surface area (Å²) in [6.07, 6.45) is 0. The molecule has 0 N–H and O–H groups in total. The molecule has 0 aromatic heterocycles. The molecule has 2 rings (SSSR count). The van der Waals surface area contributed by atoms with Crippen LogP contribution in [0.3, 0.4) is 0 Å². The molecule has 0 radical (unpaired) electrons. The number of rotatable bonds is 6. The smallest absolute Gasteiger partial charge is 0.120 e. The zero-order valence-corrected chi connectivity index (χ0v) is 14.4. The third-order valence-electron chi connectivity index (χ3n) is 3.04. The van der Waals surface area contributed by atoms with Gasteiger partial charge in [-0.25, -0.2) is 0 Å². The first-order valence-electron chi connectivity index (χ1n) is 6.94. The van der Waals surface area contributed by atoms with E-state index in [1.54, 1.807) is 0 Å². The molecule has 0 saturated carbocycles. The maximum Gasteiger partial charge on any atom is 0.120 e. The molecule has 2 aromatic rings. The molecule has 0 aliphatic rings. The zero-order chi connectivity index (χ0) is 15.2. The first-order chi connectivity index (χ1) is 10.2. The fourth-order valence-corrected chi connectivity index (χ4v) is 3.10. The van der Waals surface area contributed by atoms with E-state index in [4.69, 9.17) is 21.1 Å². The van der Waals surface area contributed by atoms with Crippen molar-refractivity contribution in [1.82, 2.24) is 0 Å². The molecule has 0 spiro atoms. The van der Waals surface area contributed by atoms with Crippen LogP contribution in [0.25, 0.3) is 0 Å². The number of hydrogen-bond acceptors (Lipinski definition) is 2. The Morgan fingerprint density at radius 2 is 1.52 bits per heavy atom. The minimum Gasteiger partial charge on any atom is -0.494 e. The van der Waals surface area contributed by atoms with E-state index in [9.17, 15) is 0 Å². The van der Waals surface area contributed by atoms with Gasteiger partial charge >= 0.3 is 0 Å². The molecule has 0 aliphatic heterocycles. The standard InChI is InChI=1S/C17H18BrClO2/c1-3-20-13-7-5-12(6-8-13)17(19)15-10-9-14(21-4-2)11-16(15)18/h5-11,17H,3-4H2,1-2H3. The lowest BCUT2D eigenvalue weighted by molar-refractivity contribution is 0.340. The fraction of sp³-hybridized carbons (Fsp3) is 0.294. The molecule has 0 fully saturated rings. The summed E-state index contributed by atoms with van der Waals surface area (Å²) in [7, 11) is 0. The normalized spacial score (nSPS) is 12.0. The summed E-state index contributed by atoms with van der Waals surface area (Å²) in [6, 6.07) is 13.7. The maximum atomic E-state index is 6.58. The van der Waals surface area contributed by atoms with Gasteiger partial charge in [0.1, 0.15) is 11.5 Å². The van der Waals surface area contributed by atoms with Crippen LogP contribution >= 0.6 is 27.5 Å². The van der Waals surface area contributed by atoms with Gasteiger partial charge in [-0.1, -0.05) is 34.1 Å². The third-order valence-corrected chi connectivity index (χ3v) is 4.21. The molecule has 2 nitrogen and oxygen atoms in total. The number of hydrogen-bond donors (Lipinski definition) is 0. The molecule has 0 aliphatic carbocycles. The van der Waals surface area contributed by atoms with Crippen LogP contribution < -0.4 is 9.47 Å². The van der Waals surface area contributed by atoms with Gasteiger partial charge in [0, 0.05) is 4.47 Å². The van der Waals surface area contributed by atoms with Crippen molar-refractivity contribution >= 4 is 27.5 Å². The maximum absolute atomic E-state index is 6.58. The topological polar surface area (TPSA) is 18.5 Å². The lowest BCUT2D eigenvalue weighted by Gasteiger charge is -2.14. The Bertz CT molecular complexity index is 584. The fourth-order valence-electron chi connectivity index (χ4n) is 2.05. The average Bonchev–Trinajstić information content (AvgIpc) is 2.48. The highest BCUT2D eigenvalue weighted by molar-refractivity contribution is 9.10. The van der Waals surface area contributed by atoms with Crippen molar-refractivity contribution in [3.05, 3.63) is 58.1 Å². The zero-order valence-electron chi connectivity index (χ0n) is 12.1. The Morgan fingerprint density at radius 1 is 0.952 bits per heavy atom. The summed E-state index contributed by atoms with van der Waals surface area (Å²) < 4.78 is 11.9. The first kappa shape index (κ1) is 16.2. The molecule has 21 heavy (non-hydrogen) atoms. The van der Waals surface area contributed by atoms with Gasteiger partial charge in [0.15, 0.2) is 0 Å². The van der Waals surface area contributed by atoms with Gasteiger partial charge in [-0.2, -0.15) is 0 Å². The van der Waals surface area contributed by atoms with Crippen LogP contribution in [0, 0.1) is 0 Å². The summed E-state index contributed by atoms with van der Waals surface area (Å²) in [4.78, 5) is 0. The van der Waals surface area contributed by atoms with Crippen LogP contribution in [0.15, 0.2) is 46.9 Å². The second kappa shape index (κ2) is 7.71. The van der Waals surface area contributed by atoms with Crippen LogP contribution in [-0.4, -0.2) is 13.2 Å². The van der Waals surface area contributed by atoms with Gasteiger partial charge in [-0.3, -0.25) is 0 Å². The summed E-state index contributed by atoms with van der Waals surface area (Å²) in [5, 5.41) is -0.217. The molecule has 112 valence electrons. The van der Waals surface area contributed by atoms with Crippen molar-refractivity contribution in [2.24, 2.45) is 0 Å². The predicted octanol–water partition coefficient (Wildman–Crippen LogP) is 5.57. The van der Waals surface area contributed by atoms with E-state index in [1.807, 2.05) is 56.3 Å². The highest BCUT2D eigenvalue weighted by atomic mass is 79.9. The van der Waals surface area contributed by atoms with Crippen LogP contribution in [0.1, 0.15) is 30.4 Å². The van der Waals surface area contributed by atoms with E-state index < -0.39 is 0 Å². The number of benzene rings is 2. The lowest BCUT2D eigenvalue weighted by atomic mass is 10.0. The van der Waals surface area contributed by atoms with E-state index >= 15 is 0 Å². The monoisotopic (exact) mass is 368 g/mol.